The van der Waals surface area contributed by atoms with Crippen molar-refractivity contribution in [3.8, 4) is 10.4 Å². The van der Waals surface area contributed by atoms with E-state index >= 15 is 0 Å². The third kappa shape index (κ3) is 3.38. The molecule has 0 aliphatic heterocycles. The van der Waals surface area contributed by atoms with Gasteiger partial charge in [-0.05, 0) is 49.7 Å². The monoisotopic (exact) mass is 293 g/mol. The first kappa shape index (κ1) is 14.6. The average molecular weight is 294 g/mol. The molecule has 2 rings (SSSR count). The van der Waals surface area contributed by atoms with Crippen LogP contribution in [0.15, 0.2) is 30.3 Å². The summed E-state index contributed by atoms with van der Waals surface area (Å²) in [7, 11) is 2.03. The maximum absolute atomic E-state index is 6.20. The summed E-state index contributed by atoms with van der Waals surface area (Å²) in [6.07, 6.45) is 2.36. The zero-order valence-corrected chi connectivity index (χ0v) is 13.2. The number of aryl methyl sites for hydroxylation is 1. The minimum absolute atomic E-state index is 0.463. The lowest BCUT2D eigenvalue weighted by molar-refractivity contribution is 0.550. The van der Waals surface area contributed by atoms with Crippen molar-refractivity contribution in [2.75, 3.05) is 7.05 Å². The molecule has 1 nitrogen and oxygen atoms in total. The summed E-state index contributed by atoms with van der Waals surface area (Å²) in [6.45, 7) is 4.25. The first-order valence-corrected chi connectivity index (χ1v) is 7.88. The van der Waals surface area contributed by atoms with Gasteiger partial charge >= 0.3 is 0 Å². The zero-order valence-electron chi connectivity index (χ0n) is 11.7. The number of rotatable bonds is 5. The van der Waals surface area contributed by atoms with Crippen LogP contribution in [0.3, 0.4) is 0 Å². The van der Waals surface area contributed by atoms with Gasteiger partial charge in [0.1, 0.15) is 0 Å². The standard InChI is InChI=1S/C16H20ClNS/c1-4-5-14(18-3)16-9-8-15(19-16)12-7-6-11(2)13(17)10-12/h6-10,14,18H,4-5H2,1-3H3. The fourth-order valence-electron chi connectivity index (χ4n) is 2.16. The van der Waals surface area contributed by atoms with Crippen molar-refractivity contribution < 1.29 is 0 Å². The van der Waals surface area contributed by atoms with Crippen LogP contribution in [0.4, 0.5) is 0 Å². The van der Waals surface area contributed by atoms with Crippen LogP contribution in [0.1, 0.15) is 36.2 Å². The Morgan fingerprint density at radius 2 is 2.05 bits per heavy atom. The first-order chi connectivity index (χ1) is 9.15. The van der Waals surface area contributed by atoms with E-state index in [9.17, 15) is 0 Å². The van der Waals surface area contributed by atoms with Crippen molar-refractivity contribution in [2.24, 2.45) is 0 Å². The Balaban J connectivity index is 2.27. The Bertz CT molecular complexity index is 547. The molecule has 2 aromatic rings. The van der Waals surface area contributed by atoms with Crippen molar-refractivity contribution in [2.45, 2.75) is 32.7 Å². The van der Waals surface area contributed by atoms with Gasteiger partial charge in [-0.25, -0.2) is 0 Å². The third-order valence-corrected chi connectivity index (χ3v) is 5.01. The summed E-state index contributed by atoms with van der Waals surface area (Å²) >= 11 is 8.05. The molecule has 0 amide bonds. The Labute approximate surface area is 124 Å². The highest BCUT2D eigenvalue weighted by Crippen LogP contribution is 2.34. The van der Waals surface area contributed by atoms with Gasteiger partial charge in [0.15, 0.2) is 0 Å². The van der Waals surface area contributed by atoms with E-state index in [2.05, 4.69) is 42.6 Å². The normalized spacial score (nSPS) is 12.6. The molecule has 0 bridgehead atoms. The summed E-state index contributed by atoms with van der Waals surface area (Å²) in [5.41, 5.74) is 2.33. The van der Waals surface area contributed by atoms with E-state index in [1.54, 1.807) is 0 Å². The molecule has 1 atom stereocenters. The topological polar surface area (TPSA) is 12.0 Å². The molecule has 1 N–H and O–H groups in total. The van der Waals surface area contributed by atoms with Crippen LogP contribution in [0.5, 0.6) is 0 Å². The second kappa shape index (κ2) is 6.56. The van der Waals surface area contributed by atoms with Crippen LogP contribution in [-0.4, -0.2) is 7.05 Å². The highest BCUT2D eigenvalue weighted by molar-refractivity contribution is 7.15. The summed E-state index contributed by atoms with van der Waals surface area (Å²) in [5, 5.41) is 4.23. The fourth-order valence-corrected chi connectivity index (χ4v) is 3.49. The molecule has 1 aromatic heterocycles. The first-order valence-electron chi connectivity index (χ1n) is 6.69. The molecule has 0 radical (unpaired) electrons. The van der Waals surface area contributed by atoms with Crippen LogP contribution in [0.2, 0.25) is 5.02 Å². The van der Waals surface area contributed by atoms with Gasteiger partial charge < -0.3 is 5.32 Å². The number of thiophene rings is 1. The molecule has 0 saturated heterocycles. The number of benzene rings is 1. The van der Waals surface area contributed by atoms with Crippen LogP contribution in [0, 0.1) is 6.92 Å². The molecule has 1 unspecified atom stereocenters. The SMILES string of the molecule is CCCC(NC)c1ccc(-c2ccc(C)c(Cl)c2)s1. The summed E-state index contributed by atoms with van der Waals surface area (Å²) in [4.78, 5) is 2.68. The quantitative estimate of drug-likeness (QED) is 0.774. The Morgan fingerprint density at radius 3 is 2.68 bits per heavy atom. The van der Waals surface area contributed by atoms with E-state index in [4.69, 9.17) is 11.6 Å². The predicted molar refractivity (Wildman–Crippen MR) is 86.2 cm³/mol. The van der Waals surface area contributed by atoms with Gasteiger partial charge in [0.25, 0.3) is 0 Å². The molecule has 1 heterocycles. The van der Waals surface area contributed by atoms with Crippen molar-refractivity contribution in [1.82, 2.24) is 5.32 Å². The molecule has 3 heteroatoms. The molecule has 1 aromatic carbocycles. The molecule has 19 heavy (non-hydrogen) atoms. The van der Waals surface area contributed by atoms with Crippen molar-refractivity contribution >= 4 is 22.9 Å². The molecule has 0 aliphatic carbocycles. The zero-order chi connectivity index (χ0) is 13.8. The lowest BCUT2D eigenvalue weighted by Crippen LogP contribution is -2.14. The number of halogens is 1. The number of nitrogens with one attached hydrogen (secondary N) is 1. The van der Waals surface area contributed by atoms with Crippen LogP contribution >= 0.6 is 22.9 Å². The van der Waals surface area contributed by atoms with Gasteiger partial charge in [-0.15, -0.1) is 11.3 Å². The molecule has 0 fully saturated rings. The second-order valence-electron chi connectivity index (χ2n) is 4.80. The molecule has 0 saturated carbocycles. The van der Waals surface area contributed by atoms with Gasteiger partial charge in [-0.1, -0.05) is 37.1 Å². The Morgan fingerprint density at radius 1 is 1.26 bits per heavy atom. The highest BCUT2D eigenvalue weighted by atomic mass is 35.5. The minimum atomic E-state index is 0.463. The lowest BCUT2D eigenvalue weighted by atomic mass is 10.1. The van der Waals surface area contributed by atoms with Gasteiger partial charge in [-0.3, -0.25) is 0 Å². The molecule has 102 valence electrons. The summed E-state index contributed by atoms with van der Waals surface area (Å²) in [6, 6.07) is 11.2. The number of hydrogen-bond donors (Lipinski definition) is 1. The molecular weight excluding hydrogens is 274 g/mol. The second-order valence-corrected chi connectivity index (χ2v) is 6.32. The number of hydrogen-bond acceptors (Lipinski definition) is 2. The molecule has 0 aliphatic rings. The summed E-state index contributed by atoms with van der Waals surface area (Å²) < 4.78 is 0. The van der Waals surface area contributed by atoms with Crippen molar-refractivity contribution in [1.29, 1.82) is 0 Å². The molecule has 0 spiro atoms. The summed E-state index contributed by atoms with van der Waals surface area (Å²) in [5.74, 6) is 0. The van der Waals surface area contributed by atoms with E-state index in [-0.39, 0.29) is 0 Å². The Hall–Kier alpha value is -0.830. The minimum Gasteiger partial charge on any atom is -0.312 e. The fraction of sp³-hybridized carbons (Fsp3) is 0.375. The maximum Gasteiger partial charge on any atom is 0.0441 e. The van der Waals surface area contributed by atoms with Gasteiger partial charge in [0.2, 0.25) is 0 Å². The van der Waals surface area contributed by atoms with Gasteiger partial charge in [-0.2, -0.15) is 0 Å². The highest BCUT2D eigenvalue weighted by Gasteiger charge is 2.12. The van der Waals surface area contributed by atoms with E-state index in [1.807, 2.05) is 25.3 Å². The smallest absolute Gasteiger partial charge is 0.0441 e. The van der Waals surface area contributed by atoms with Crippen LogP contribution < -0.4 is 5.32 Å². The average Bonchev–Trinajstić information content (AvgIpc) is 2.88. The van der Waals surface area contributed by atoms with Crippen molar-refractivity contribution in [3.05, 3.63) is 45.8 Å². The van der Waals surface area contributed by atoms with Crippen LogP contribution in [-0.2, 0) is 0 Å². The third-order valence-electron chi connectivity index (χ3n) is 3.35. The van der Waals surface area contributed by atoms with E-state index in [0.717, 1.165) is 10.6 Å². The lowest BCUT2D eigenvalue weighted by Gasteiger charge is -2.12. The van der Waals surface area contributed by atoms with E-state index < -0.39 is 0 Å². The van der Waals surface area contributed by atoms with Gasteiger partial charge in [0, 0.05) is 20.8 Å². The Kier molecular flexibility index (Phi) is 5.03. The largest absolute Gasteiger partial charge is 0.312 e. The molecular formula is C16H20ClNS. The van der Waals surface area contributed by atoms with Crippen LogP contribution in [0.25, 0.3) is 10.4 Å². The van der Waals surface area contributed by atoms with Gasteiger partial charge in [0.05, 0.1) is 0 Å². The van der Waals surface area contributed by atoms with E-state index in [1.165, 1.54) is 28.2 Å². The predicted octanol–water partition coefficient (Wildman–Crippen LogP) is 5.44. The van der Waals surface area contributed by atoms with E-state index in [0.29, 0.717) is 6.04 Å². The maximum atomic E-state index is 6.20. The van der Waals surface area contributed by atoms with Crippen molar-refractivity contribution in [3.63, 3.8) is 0 Å².